The largest absolute Gasteiger partial charge is 0.497 e. The van der Waals surface area contributed by atoms with Crippen LogP contribution in [0.2, 0.25) is 0 Å². The molecule has 0 spiro atoms. The lowest BCUT2D eigenvalue weighted by molar-refractivity contribution is 0.414. The zero-order chi connectivity index (χ0) is 15.4. The fourth-order valence-corrected chi connectivity index (χ4v) is 2.76. The van der Waals surface area contributed by atoms with Gasteiger partial charge in [-0.05, 0) is 46.3 Å². The molecule has 22 heavy (non-hydrogen) atoms. The second-order valence-electron chi connectivity index (χ2n) is 4.49. The van der Waals surface area contributed by atoms with E-state index in [2.05, 4.69) is 15.5 Å². The zero-order valence-corrected chi connectivity index (χ0v) is 12.6. The standard InChI is InChI=1S/C15H13FN4OS/c1-21-14-7-5-11(6-8-14)10-22-15-17-18-19-20(15)13-4-2-3-12(16)9-13/h2-9H,10H2,1H3. The van der Waals surface area contributed by atoms with E-state index in [1.807, 2.05) is 24.3 Å². The molecular weight excluding hydrogens is 303 g/mol. The number of nitrogens with zero attached hydrogens (tertiary/aromatic N) is 4. The molecule has 0 atom stereocenters. The van der Waals surface area contributed by atoms with Gasteiger partial charge in [0.2, 0.25) is 5.16 Å². The lowest BCUT2D eigenvalue weighted by atomic mass is 10.2. The molecular formula is C15H13FN4OS. The van der Waals surface area contributed by atoms with Crippen LogP contribution in [0, 0.1) is 5.82 Å². The predicted octanol–water partition coefficient (Wildman–Crippen LogP) is 3.10. The van der Waals surface area contributed by atoms with Crippen molar-refractivity contribution < 1.29 is 9.13 Å². The van der Waals surface area contributed by atoms with Crippen LogP contribution < -0.4 is 4.74 Å². The first-order valence-electron chi connectivity index (χ1n) is 6.56. The topological polar surface area (TPSA) is 52.8 Å². The fraction of sp³-hybridized carbons (Fsp3) is 0.133. The van der Waals surface area contributed by atoms with E-state index >= 15 is 0 Å². The second kappa shape index (κ2) is 6.57. The van der Waals surface area contributed by atoms with Crippen LogP contribution in [0.3, 0.4) is 0 Å². The summed E-state index contributed by atoms with van der Waals surface area (Å²) in [5, 5.41) is 12.2. The number of aromatic nitrogens is 4. The lowest BCUT2D eigenvalue weighted by Gasteiger charge is -2.05. The Hall–Kier alpha value is -2.41. The van der Waals surface area contributed by atoms with Crippen molar-refractivity contribution in [2.45, 2.75) is 10.9 Å². The maximum Gasteiger partial charge on any atom is 0.214 e. The Balaban J connectivity index is 1.75. The minimum absolute atomic E-state index is 0.320. The molecule has 0 saturated heterocycles. The van der Waals surface area contributed by atoms with Gasteiger partial charge in [-0.3, -0.25) is 0 Å². The van der Waals surface area contributed by atoms with Crippen LogP contribution >= 0.6 is 11.8 Å². The molecule has 0 radical (unpaired) electrons. The van der Waals surface area contributed by atoms with Crippen molar-refractivity contribution in [3.8, 4) is 11.4 Å². The van der Waals surface area contributed by atoms with Crippen molar-refractivity contribution in [1.29, 1.82) is 0 Å². The molecule has 0 bridgehead atoms. The highest BCUT2D eigenvalue weighted by molar-refractivity contribution is 7.98. The van der Waals surface area contributed by atoms with E-state index in [1.165, 1.54) is 28.6 Å². The molecule has 112 valence electrons. The summed E-state index contributed by atoms with van der Waals surface area (Å²) in [6, 6.07) is 14.0. The molecule has 0 N–H and O–H groups in total. The highest BCUT2D eigenvalue weighted by Crippen LogP contribution is 2.23. The molecule has 3 rings (SSSR count). The summed E-state index contributed by atoms with van der Waals surface area (Å²) in [5.74, 6) is 1.21. The first-order valence-corrected chi connectivity index (χ1v) is 7.55. The van der Waals surface area contributed by atoms with Crippen LogP contribution in [0.1, 0.15) is 5.56 Å². The first-order chi connectivity index (χ1) is 10.8. The molecule has 1 heterocycles. The number of hydrogen-bond acceptors (Lipinski definition) is 5. The minimum Gasteiger partial charge on any atom is -0.497 e. The lowest BCUT2D eigenvalue weighted by Crippen LogP contribution is -1.99. The van der Waals surface area contributed by atoms with Gasteiger partial charge in [0.25, 0.3) is 0 Å². The first kappa shape index (κ1) is 14.5. The summed E-state index contributed by atoms with van der Waals surface area (Å²) in [5.41, 5.74) is 1.72. The second-order valence-corrected chi connectivity index (χ2v) is 5.43. The molecule has 0 unspecified atom stereocenters. The number of thioether (sulfide) groups is 1. The van der Waals surface area contributed by atoms with E-state index < -0.39 is 0 Å². The van der Waals surface area contributed by atoms with Crippen molar-refractivity contribution in [1.82, 2.24) is 20.2 Å². The quantitative estimate of drug-likeness (QED) is 0.677. The van der Waals surface area contributed by atoms with Crippen molar-refractivity contribution >= 4 is 11.8 Å². The number of halogens is 1. The van der Waals surface area contributed by atoms with E-state index in [-0.39, 0.29) is 5.82 Å². The number of hydrogen-bond donors (Lipinski definition) is 0. The van der Waals surface area contributed by atoms with Gasteiger partial charge in [0, 0.05) is 5.75 Å². The van der Waals surface area contributed by atoms with Gasteiger partial charge in [-0.1, -0.05) is 30.0 Å². The number of benzene rings is 2. The Labute approximate surface area is 131 Å². The fourth-order valence-electron chi connectivity index (χ4n) is 1.91. The number of ether oxygens (including phenoxy) is 1. The molecule has 0 amide bonds. The third-order valence-corrected chi connectivity index (χ3v) is 4.01. The summed E-state index contributed by atoms with van der Waals surface area (Å²) >= 11 is 1.48. The van der Waals surface area contributed by atoms with Crippen LogP contribution in [0.25, 0.3) is 5.69 Å². The van der Waals surface area contributed by atoms with Gasteiger partial charge in [0.15, 0.2) is 0 Å². The van der Waals surface area contributed by atoms with E-state index in [4.69, 9.17) is 4.74 Å². The summed E-state index contributed by atoms with van der Waals surface area (Å²) in [6.45, 7) is 0. The van der Waals surface area contributed by atoms with Crippen molar-refractivity contribution in [3.05, 3.63) is 59.9 Å². The molecule has 7 heteroatoms. The normalized spacial score (nSPS) is 10.6. The Bertz CT molecular complexity index is 760. The monoisotopic (exact) mass is 316 g/mol. The number of rotatable bonds is 5. The highest BCUT2D eigenvalue weighted by atomic mass is 32.2. The van der Waals surface area contributed by atoms with Crippen LogP contribution in [-0.2, 0) is 5.75 Å². The number of tetrazole rings is 1. The predicted molar refractivity (Wildman–Crippen MR) is 81.7 cm³/mol. The maximum absolute atomic E-state index is 13.3. The molecule has 0 fully saturated rings. The van der Waals surface area contributed by atoms with Gasteiger partial charge >= 0.3 is 0 Å². The highest BCUT2D eigenvalue weighted by Gasteiger charge is 2.09. The van der Waals surface area contributed by atoms with Crippen LogP contribution in [0.4, 0.5) is 4.39 Å². The average Bonchev–Trinajstić information content (AvgIpc) is 3.02. The van der Waals surface area contributed by atoms with E-state index in [0.29, 0.717) is 16.6 Å². The smallest absolute Gasteiger partial charge is 0.214 e. The maximum atomic E-state index is 13.3. The Morgan fingerprint density at radius 3 is 2.73 bits per heavy atom. The van der Waals surface area contributed by atoms with Gasteiger partial charge in [0.1, 0.15) is 11.6 Å². The third kappa shape index (κ3) is 3.25. The molecule has 2 aromatic carbocycles. The van der Waals surface area contributed by atoms with Gasteiger partial charge in [-0.25, -0.2) is 4.39 Å². The van der Waals surface area contributed by atoms with Crippen LogP contribution in [0.15, 0.2) is 53.7 Å². The third-order valence-electron chi connectivity index (χ3n) is 3.02. The van der Waals surface area contributed by atoms with Gasteiger partial charge < -0.3 is 4.74 Å². The van der Waals surface area contributed by atoms with Gasteiger partial charge in [-0.15, -0.1) is 5.10 Å². The van der Waals surface area contributed by atoms with Crippen molar-refractivity contribution in [2.24, 2.45) is 0 Å². The molecule has 0 saturated carbocycles. The van der Waals surface area contributed by atoms with Crippen molar-refractivity contribution in [3.63, 3.8) is 0 Å². The van der Waals surface area contributed by atoms with E-state index in [0.717, 1.165) is 11.3 Å². The van der Waals surface area contributed by atoms with E-state index in [9.17, 15) is 4.39 Å². The van der Waals surface area contributed by atoms with Gasteiger partial charge in [0.05, 0.1) is 12.8 Å². The Morgan fingerprint density at radius 1 is 1.18 bits per heavy atom. The average molecular weight is 316 g/mol. The van der Waals surface area contributed by atoms with Crippen LogP contribution in [0.5, 0.6) is 5.75 Å². The van der Waals surface area contributed by atoms with Crippen molar-refractivity contribution in [2.75, 3.05) is 7.11 Å². The SMILES string of the molecule is COc1ccc(CSc2nnnn2-c2cccc(F)c2)cc1. The molecule has 0 aliphatic carbocycles. The minimum atomic E-state index is -0.320. The Morgan fingerprint density at radius 2 is 2.00 bits per heavy atom. The van der Waals surface area contributed by atoms with Gasteiger partial charge in [-0.2, -0.15) is 4.68 Å². The molecule has 0 aliphatic heterocycles. The molecule has 5 nitrogen and oxygen atoms in total. The summed E-state index contributed by atoms with van der Waals surface area (Å²) in [6.07, 6.45) is 0. The summed E-state index contributed by atoms with van der Waals surface area (Å²) < 4.78 is 20.0. The zero-order valence-electron chi connectivity index (χ0n) is 11.8. The molecule has 0 aliphatic rings. The number of methoxy groups -OCH3 is 1. The molecule has 1 aromatic heterocycles. The van der Waals surface area contributed by atoms with E-state index in [1.54, 1.807) is 19.2 Å². The summed E-state index contributed by atoms with van der Waals surface area (Å²) in [4.78, 5) is 0. The van der Waals surface area contributed by atoms with Crippen LogP contribution in [-0.4, -0.2) is 27.3 Å². The Kier molecular flexibility index (Phi) is 4.34. The summed E-state index contributed by atoms with van der Waals surface area (Å²) in [7, 11) is 1.64. The molecule has 3 aromatic rings.